The van der Waals surface area contributed by atoms with Gasteiger partial charge >= 0.3 is 0 Å². The van der Waals surface area contributed by atoms with Gasteiger partial charge < -0.3 is 25.0 Å². The number of methoxy groups -OCH3 is 2. The fraction of sp³-hybridized carbons (Fsp3) is 0.391. The van der Waals surface area contributed by atoms with Crippen molar-refractivity contribution in [3.8, 4) is 11.5 Å². The predicted molar refractivity (Wildman–Crippen MR) is 122 cm³/mol. The van der Waals surface area contributed by atoms with Crippen molar-refractivity contribution >= 4 is 23.2 Å². The highest BCUT2D eigenvalue weighted by Crippen LogP contribution is 2.38. The Morgan fingerprint density at radius 2 is 1.80 bits per heavy atom. The lowest BCUT2D eigenvalue weighted by molar-refractivity contribution is 0.0942. The molecule has 7 heteroatoms. The number of benzene rings is 2. The second kappa shape index (κ2) is 9.80. The van der Waals surface area contributed by atoms with Crippen LogP contribution in [0.3, 0.4) is 0 Å². The Morgan fingerprint density at radius 1 is 1.13 bits per heavy atom. The van der Waals surface area contributed by atoms with Crippen molar-refractivity contribution < 1.29 is 14.3 Å². The normalized spacial score (nSPS) is 15.2. The molecule has 0 aromatic heterocycles. The number of carbonyl (C=O) groups is 1. The monoisotopic (exact) mass is 427 g/mol. The third-order valence-corrected chi connectivity index (χ3v) is 5.74. The van der Waals surface area contributed by atoms with Crippen LogP contribution >= 0.6 is 12.2 Å². The number of nitrogens with one attached hydrogen (secondary N) is 2. The van der Waals surface area contributed by atoms with Crippen molar-refractivity contribution in [1.82, 2.24) is 15.5 Å². The van der Waals surface area contributed by atoms with E-state index in [0.29, 0.717) is 28.7 Å². The summed E-state index contributed by atoms with van der Waals surface area (Å²) in [6.45, 7) is 5.96. The molecule has 1 atom stereocenters. The van der Waals surface area contributed by atoms with Crippen LogP contribution in [0.2, 0.25) is 0 Å². The highest BCUT2D eigenvalue weighted by Gasteiger charge is 2.31. The number of aryl methyl sites for hydroxylation is 1. The number of nitrogens with zero attached hydrogens (tertiary/aromatic N) is 1. The molecule has 0 aliphatic carbocycles. The maximum absolute atomic E-state index is 12.7. The minimum atomic E-state index is -0.102. The summed E-state index contributed by atoms with van der Waals surface area (Å²) in [5, 5.41) is 7.01. The number of fused-ring (bicyclic) bond motifs is 1. The van der Waals surface area contributed by atoms with Gasteiger partial charge in [-0.2, -0.15) is 0 Å². The van der Waals surface area contributed by atoms with Gasteiger partial charge in [0.1, 0.15) is 0 Å². The molecule has 3 rings (SSSR count). The highest BCUT2D eigenvalue weighted by molar-refractivity contribution is 7.80. The molecule has 2 N–H and O–H groups in total. The van der Waals surface area contributed by atoms with Gasteiger partial charge in [0.2, 0.25) is 0 Å². The molecular formula is C23H29N3O3S. The van der Waals surface area contributed by atoms with Crippen LogP contribution in [0, 0.1) is 6.92 Å². The summed E-state index contributed by atoms with van der Waals surface area (Å²) >= 11 is 5.62. The van der Waals surface area contributed by atoms with Gasteiger partial charge in [-0.25, -0.2) is 0 Å². The maximum Gasteiger partial charge on any atom is 0.251 e. The smallest absolute Gasteiger partial charge is 0.251 e. The molecule has 30 heavy (non-hydrogen) atoms. The summed E-state index contributed by atoms with van der Waals surface area (Å²) in [6.07, 6.45) is 0.837. The van der Waals surface area contributed by atoms with Crippen molar-refractivity contribution in [2.45, 2.75) is 26.3 Å². The van der Waals surface area contributed by atoms with E-state index >= 15 is 0 Å². The van der Waals surface area contributed by atoms with Crippen LogP contribution < -0.4 is 20.1 Å². The van der Waals surface area contributed by atoms with E-state index in [1.165, 1.54) is 5.56 Å². The zero-order chi connectivity index (χ0) is 21.7. The molecule has 0 spiro atoms. The lowest BCUT2D eigenvalue weighted by Crippen LogP contribution is -2.48. The number of rotatable bonds is 6. The first-order valence-electron chi connectivity index (χ1n) is 10.1. The molecule has 1 aliphatic heterocycles. The number of thiocarbonyl (C=S) groups is 1. The van der Waals surface area contributed by atoms with Crippen molar-refractivity contribution in [1.29, 1.82) is 0 Å². The second-order valence-electron chi connectivity index (χ2n) is 7.28. The van der Waals surface area contributed by atoms with Crippen LogP contribution in [0.5, 0.6) is 11.5 Å². The summed E-state index contributed by atoms with van der Waals surface area (Å²) in [5.41, 5.74) is 4.03. The molecule has 2 aromatic rings. The summed E-state index contributed by atoms with van der Waals surface area (Å²) in [7, 11) is 3.27. The van der Waals surface area contributed by atoms with Crippen LogP contribution in [0.15, 0.2) is 36.4 Å². The van der Waals surface area contributed by atoms with Crippen molar-refractivity contribution in [2.24, 2.45) is 0 Å². The molecule has 1 amide bonds. The predicted octanol–water partition coefficient (Wildman–Crippen LogP) is 3.24. The summed E-state index contributed by atoms with van der Waals surface area (Å²) < 4.78 is 11.0. The summed E-state index contributed by atoms with van der Waals surface area (Å²) in [4.78, 5) is 14.9. The summed E-state index contributed by atoms with van der Waals surface area (Å²) in [6, 6.07) is 11.5. The van der Waals surface area contributed by atoms with Crippen molar-refractivity contribution in [3.05, 3.63) is 58.7 Å². The number of carbonyl (C=O) groups excluding carboxylic acids is 1. The van der Waals surface area contributed by atoms with E-state index in [1.54, 1.807) is 14.2 Å². The van der Waals surface area contributed by atoms with E-state index in [0.717, 1.165) is 30.6 Å². The minimum Gasteiger partial charge on any atom is -0.493 e. The van der Waals surface area contributed by atoms with Gasteiger partial charge in [0.25, 0.3) is 5.91 Å². The molecule has 0 saturated carbocycles. The van der Waals surface area contributed by atoms with Crippen LogP contribution in [0.25, 0.3) is 0 Å². The van der Waals surface area contributed by atoms with Crippen LogP contribution in [-0.4, -0.2) is 49.8 Å². The largest absolute Gasteiger partial charge is 0.493 e. The molecular weight excluding hydrogens is 398 g/mol. The third-order valence-electron chi connectivity index (χ3n) is 5.36. The van der Waals surface area contributed by atoms with Crippen LogP contribution in [0.1, 0.15) is 40.0 Å². The lowest BCUT2D eigenvalue weighted by atomic mass is 9.92. The SMILES string of the molecule is CCNC(=S)N1CCc2cc(OC)c(OC)cc2[C@@H]1CNC(=O)c1ccc(C)cc1. The zero-order valence-corrected chi connectivity index (χ0v) is 18.8. The Hall–Kier alpha value is -2.80. The Labute approximate surface area is 183 Å². The first kappa shape index (κ1) is 21.9. The molecule has 2 aromatic carbocycles. The van der Waals surface area contributed by atoms with Gasteiger partial charge in [-0.05, 0) is 67.9 Å². The van der Waals surface area contributed by atoms with Gasteiger partial charge in [-0.3, -0.25) is 4.79 Å². The quantitative estimate of drug-likeness (QED) is 0.690. The molecule has 0 bridgehead atoms. The van der Waals surface area contributed by atoms with Crippen molar-refractivity contribution in [2.75, 3.05) is 33.9 Å². The molecule has 0 radical (unpaired) electrons. The molecule has 160 valence electrons. The van der Waals surface area contributed by atoms with E-state index < -0.39 is 0 Å². The Balaban J connectivity index is 1.89. The fourth-order valence-corrected chi connectivity index (χ4v) is 4.10. The first-order chi connectivity index (χ1) is 14.5. The second-order valence-corrected chi connectivity index (χ2v) is 7.66. The number of hydrogen-bond donors (Lipinski definition) is 2. The molecule has 0 saturated heterocycles. The molecule has 1 aliphatic rings. The molecule has 6 nitrogen and oxygen atoms in total. The van der Waals surface area contributed by atoms with Crippen LogP contribution in [0.4, 0.5) is 0 Å². The fourth-order valence-electron chi connectivity index (χ4n) is 3.74. The van der Waals surface area contributed by atoms with Gasteiger partial charge in [-0.1, -0.05) is 17.7 Å². The standard InChI is InChI=1S/C23H29N3O3S/c1-5-24-23(30)26-11-10-17-12-20(28-3)21(29-4)13-18(17)19(26)14-25-22(27)16-8-6-15(2)7-9-16/h6-9,12-13,19H,5,10-11,14H2,1-4H3,(H,24,30)(H,25,27)/t19-/m0/s1. The number of ether oxygens (including phenoxy) is 2. The number of hydrogen-bond acceptors (Lipinski definition) is 4. The zero-order valence-electron chi connectivity index (χ0n) is 18.0. The molecule has 0 unspecified atom stereocenters. The Kier molecular flexibility index (Phi) is 7.15. The lowest BCUT2D eigenvalue weighted by Gasteiger charge is -2.39. The molecule has 0 fully saturated rings. The van der Waals surface area contributed by atoms with Crippen molar-refractivity contribution in [3.63, 3.8) is 0 Å². The van der Waals surface area contributed by atoms with E-state index in [9.17, 15) is 4.79 Å². The summed E-state index contributed by atoms with van der Waals surface area (Å²) in [5.74, 6) is 1.28. The van der Waals surface area contributed by atoms with E-state index in [4.69, 9.17) is 21.7 Å². The minimum absolute atomic E-state index is 0.100. The van der Waals surface area contributed by atoms with Gasteiger partial charge in [0.05, 0.1) is 20.3 Å². The van der Waals surface area contributed by atoms with Crippen LogP contribution in [-0.2, 0) is 6.42 Å². The third kappa shape index (κ3) is 4.67. The average Bonchev–Trinajstić information content (AvgIpc) is 2.76. The van der Waals surface area contributed by atoms with E-state index in [-0.39, 0.29) is 11.9 Å². The van der Waals surface area contributed by atoms with Gasteiger partial charge in [-0.15, -0.1) is 0 Å². The first-order valence-corrected chi connectivity index (χ1v) is 10.5. The van der Waals surface area contributed by atoms with E-state index in [2.05, 4.69) is 15.5 Å². The Morgan fingerprint density at radius 3 is 2.43 bits per heavy atom. The topological polar surface area (TPSA) is 62.8 Å². The highest BCUT2D eigenvalue weighted by atomic mass is 32.1. The number of amides is 1. The van der Waals surface area contributed by atoms with Gasteiger partial charge in [0.15, 0.2) is 16.6 Å². The maximum atomic E-state index is 12.7. The Bertz CT molecular complexity index is 915. The molecule has 1 heterocycles. The van der Waals surface area contributed by atoms with Gasteiger partial charge in [0, 0.05) is 25.2 Å². The average molecular weight is 428 g/mol. The van der Waals surface area contributed by atoms with E-state index in [1.807, 2.05) is 50.2 Å².